The molecule has 1 aliphatic heterocycles. The Balaban J connectivity index is 1.42. The minimum atomic E-state index is -3.36. The molecule has 2 aromatic rings. The molecule has 0 spiro atoms. The van der Waals surface area contributed by atoms with Crippen LogP contribution in [-0.2, 0) is 27.1 Å². The van der Waals surface area contributed by atoms with Gasteiger partial charge in [-0.3, -0.25) is 9.69 Å². The van der Waals surface area contributed by atoms with Crippen LogP contribution in [0.25, 0.3) is 0 Å². The van der Waals surface area contributed by atoms with Crippen molar-refractivity contribution in [1.29, 1.82) is 0 Å². The van der Waals surface area contributed by atoms with Crippen LogP contribution < -0.4 is 5.32 Å². The molecule has 1 heterocycles. The van der Waals surface area contributed by atoms with E-state index < -0.39 is 10.0 Å². The molecule has 0 bridgehead atoms. The highest BCUT2D eigenvalue weighted by molar-refractivity contribution is 7.88. The van der Waals surface area contributed by atoms with Gasteiger partial charge in [0, 0.05) is 38.1 Å². The predicted octanol–water partition coefficient (Wildman–Crippen LogP) is 2.87. The molecule has 1 N–H and O–H groups in total. The standard InChI is InChI=1S/C24H33N3O3S/c1-20(26(2)18-21-9-5-3-6-10-21)17-25-24(28)23-13-15-27(16-14-23)31(29,30)19-22-11-7-4-8-12-22/h3-12,20,23H,13-19H2,1-2H3,(H,25,28). The molecule has 1 aliphatic rings. The summed E-state index contributed by atoms with van der Waals surface area (Å²) in [6.07, 6.45) is 1.13. The molecule has 1 atom stereocenters. The van der Waals surface area contributed by atoms with Crippen LogP contribution in [0.3, 0.4) is 0 Å². The van der Waals surface area contributed by atoms with E-state index >= 15 is 0 Å². The lowest BCUT2D eigenvalue weighted by atomic mass is 9.97. The van der Waals surface area contributed by atoms with Crippen molar-refractivity contribution in [2.45, 2.75) is 38.1 Å². The van der Waals surface area contributed by atoms with E-state index in [1.807, 2.05) is 48.5 Å². The molecule has 0 radical (unpaired) electrons. The molecule has 2 aromatic carbocycles. The zero-order valence-corrected chi connectivity index (χ0v) is 19.2. The Labute approximate surface area is 186 Å². The van der Waals surface area contributed by atoms with E-state index in [1.54, 1.807) is 0 Å². The average molecular weight is 444 g/mol. The van der Waals surface area contributed by atoms with Crippen LogP contribution in [0.2, 0.25) is 0 Å². The van der Waals surface area contributed by atoms with E-state index in [0.29, 0.717) is 32.5 Å². The Morgan fingerprint density at radius 2 is 1.58 bits per heavy atom. The summed E-state index contributed by atoms with van der Waals surface area (Å²) in [5, 5.41) is 3.06. The van der Waals surface area contributed by atoms with Crippen molar-refractivity contribution in [3.05, 3.63) is 71.8 Å². The fourth-order valence-corrected chi connectivity index (χ4v) is 5.41. The summed E-state index contributed by atoms with van der Waals surface area (Å²) in [7, 11) is -1.30. The summed E-state index contributed by atoms with van der Waals surface area (Å²) in [6, 6.07) is 19.7. The second-order valence-corrected chi connectivity index (χ2v) is 10.4. The monoisotopic (exact) mass is 443 g/mol. The first-order chi connectivity index (χ1) is 14.8. The molecule has 1 saturated heterocycles. The predicted molar refractivity (Wildman–Crippen MR) is 124 cm³/mol. The number of piperidine rings is 1. The Kier molecular flexibility index (Phi) is 8.23. The van der Waals surface area contributed by atoms with Gasteiger partial charge in [0.2, 0.25) is 15.9 Å². The van der Waals surface area contributed by atoms with E-state index in [-0.39, 0.29) is 23.6 Å². The molecule has 0 saturated carbocycles. The lowest BCUT2D eigenvalue weighted by Crippen LogP contribution is -2.46. The lowest BCUT2D eigenvalue weighted by Gasteiger charge is -2.31. The molecule has 1 fully saturated rings. The SMILES string of the molecule is CC(CNC(=O)C1CCN(S(=O)(=O)Cc2ccccc2)CC1)N(C)Cc1ccccc1. The number of rotatable bonds is 9. The average Bonchev–Trinajstić information content (AvgIpc) is 2.78. The third-order valence-electron chi connectivity index (χ3n) is 6.01. The molecule has 6 nitrogen and oxygen atoms in total. The molecule has 7 heteroatoms. The maximum Gasteiger partial charge on any atom is 0.223 e. The van der Waals surface area contributed by atoms with E-state index in [9.17, 15) is 13.2 Å². The van der Waals surface area contributed by atoms with Crippen molar-refractivity contribution in [3.8, 4) is 0 Å². The van der Waals surface area contributed by atoms with Crippen molar-refractivity contribution in [2.24, 2.45) is 5.92 Å². The molecule has 3 rings (SSSR count). The highest BCUT2D eigenvalue weighted by Gasteiger charge is 2.31. The van der Waals surface area contributed by atoms with Gasteiger partial charge in [-0.05, 0) is 37.9 Å². The van der Waals surface area contributed by atoms with Gasteiger partial charge in [-0.15, -0.1) is 0 Å². The zero-order valence-electron chi connectivity index (χ0n) is 18.4. The van der Waals surface area contributed by atoms with E-state index in [4.69, 9.17) is 0 Å². The maximum atomic E-state index is 12.7. The molecule has 1 unspecified atom stereocenters. The van der Waals surface area contributed by atoms with Gasteiger partial charge in [0.15, 0.2) is 0 Å². The van der Waals surface area contributed by atoms with Gasteiger partial charge < -0.3 is 5.32 Å². The number of nitrogens with zero attached hydrogens (tertiary/aromatic N) is 2. The van der Waals surface area contributed by atoms with Gasteiger partial charge in [-0.1, -0.05) is 60.7 Å². The Morgan fingerprint density at radius 1 is 1.03 bits per heavy atom. The zero-order chi connectivity index (χ0) is 22.3. The Hall–Kier alpha value is -2.22. The fourth-order valence-electron chi connectivity index (χ4n) is 3.85. The largest absolute Gasteiger partial charge is 0.354 e. The van der Waals surface area contributed by atoms with Crippen LogP contribution in [0.15, 0.2) is 60.7 Å². The first-order valence-electron chi connectivity index (χ1n) is 10.9. The van der Waals surface area contributed by atoms with Crippen LogP contribution in [0.1, 0.15) is 30.9 Å². The maximum absolute atomic E-state index is 12.7. The summed E-state index contributed by atoms with van der Waals surface area (Å²) in [6.45, 7) is 4.31. The number of amides is 1. The van der Waals surface area contributed by atoms with E-state index in [0.717, 1.165) is 12.1 Å². The molecular formula is C24H33N3O3S. The minimum Gasteiger partial charge on any atom is -0.354 e. The topological polar surface area (TPSA) is 69.7 Å². The van der Waals surface area contributed by atoms with Crippen molar-refractivity contribution >= 4 is 15.9 Å². The first-order valence-corrected chi connectivity index (χ1v) is 12.5. The second-order valence-electron chi connectivity index (χ2n) is 8.41. The van der Waals surface area contributed by atoms with Gasteiger partial charge in [-0.2, -0.15) is 0 Å². The molecule has 0 aromatic heterocycles. The van der Waals surface area contributed by atoms with Gasteiger partial charge >= 0.3 is 0 Å². The number of hydrogen-bond acceptors (Lipinski definition) is 4. The molecule has 1 amide bonds. The van der Waals surface area contributed by atoms with Crippen molar-refractivity contribution in [2.75, 3.05) is 26.7 Å². The third-order valence-corrected chi connectivity index (χ3v) is 7.86. The van der Waals surface area contributed by atoms with Crippen LogP contribution in [-0.4, -0.2) is 56.3 Å². The van der Waals surface area contributed by atoms with Gasteiger partial charge in [0.1, 0.15) is 0 Å². The smallest absolute Gasteiger partial charge is 0.223 e. The van der Waals surface area contributed by atoms with Gasteiger partial charge in [-0.25, -0.2) is 12.7 Å². The van der Waals surface area contributed by atoms with Crippen LogP contribution >= 0.6 is 0 Å². The number of sulfonamides is 1. The number of likely N-dealkylation sites (N-methyl/N-ethyl adjacent to an activating group) is 1. The second kappa shape index (κ2) is 10.9. The highest BCUT2D eigenvalue weighted by atomic mass is 32.2. The number of carbonyl (C=O) groups excluding carboxylic acids is 1. The first kappa shape index (κ1) is 23.4. The summed E-state index contributed by atoms with van der Waals surface area (Å²) >= 11 is 0. The van der Waals surface area contributed by atoms with Crippen LogP contribution in [0.4, 0.5) is 0 Å². The van der Waals surface area contributed by atoms with E-state index in [2.05, 4.69) is 36.3 Å². The number of carbonyl (C=O) groups is 1. The number of benzene rings is 2. The molecular weight excluding hydrogens is 410 g/mol. The summed E-state index contributed by atoms with van der Waals surface area (Å²) < 4.78 is 26.9. The van der Waals surface area contributed by atoms with Crippen LogP contribution in [0.5, 0.6) is 0 Å². The fraction of sp³-hybridized carbons (Fsp3) is 0.458. The van der Waals surface area contributed by atoms with Crippen molar-refractivity contribution in [1.82, 2.24) is 14.5 Å². The third kappa shape index (κ3) is 6.89. The van der Waals surface area contributed by atoms with E-state index in [1.165, 1.54) is 9.87 Å². The number of nitrogens with one attached hydrogen (secondary N) is 1. The Morgan fingerprint density at radius 3 is 2.16 bits per heavy atom. The molecule has 0 aliphatic carbocycles. The molecule has 168 valence electrons. The number of hydrogen-bond donors (Lipinski definition) is 1. The highest BCUT2D eigenvalue weighted by Crippen LogP contribution is 2.22. The van der Waals surface area contributed by atoms with Crippen molar-refractivity contribution in [3.63, 3.8) is 0 Å². The minimum absolute atomic E-state index is 0.00989. The van der Waals surface area contributed by atoms with Crippen molar-refractivity contribution < 1.29 is 13.2 Å². The normalized spacial score (nSPS) is 16.9. The summed E-state index contributed by atoms with van der Waals surface area (Å²) in [5.41, 5.74) is 2.03. The summed E-state index contributed by atoms with van der Waals surface area (Å²) in [5.74, 6) is -0.0921. The van der Waals surface area contributed by atoms with Gasteiger partial charge in [0.25, 0.3) is 0 Å². The molecule has 31 heavy (non-hydrogen) atoms. The summed E-state index contributed by atoms with van der Waals surface area (Å²) in [4.78, 5) is 14.8. The lowest BCUT2D eigenvalue weighted by molar-refractivity contribution is -0.126. The quantitative estimate of drug-likeness (QED) is 0.647. The van der Waals surface area contributed by atoms with Gasteiger partial charge in [0.05, 0.1) is 5.75 Å². The Bertz CT molecular complexity index is 927. The van der Waals surface area contributed by atoms with Crippen LogP contribution in [0, 0.1) is 5.92 Å².